The fourth-order valence-electron chi connectivity index (χ4n) is 2.56. The highest BCUT2D eigenvalue weighted by atomic mass is 35.5. The van der Waals surface area contributed by atoms with Crippen molar-refractivity contribution in [3.05, 3.63) is 77.6 Å². The summed E-state index contributed by atoms with van der Waals surface area (Å²) in [6, 6.07) is 16.1. The molecule has 6 nitrogen and oxygen atoms in total. The number of anilines is 2. The van der Waals surface area contributed by atoms with Crippen LogP contribution in [0.5, 0.6) is 11.5 Å². The van der Waals surface area contributed by atoms with Crippen LogP contribution < -0.4 is 10.1 Å². The van der Waals surface area contributed by atoms with Gasteiger partial charge in [-0.15, -0.1) is 10.2 Å². The molecule has 2 N–H and O–H groups in total. The van der Waals surface area contributed by atoms with Crippen LogP contribution in [0.1, 0.15) is 5.56 Å². The Bertz CT molecular complexity index is 1070. The number of aromatic nitrogens is 4. The van der Waals surface area contributed by atoms with Gasteiger partial charge in [0, 0.05) is 28.0 Å². The molecular weight excluding hydrogens is 381 g/mol. The van der Waals surface area contributed by atoms with E-state index in [-0.39, 0.29) is 0 Å². The molecule has 0 radical (unpaired) electrons. The van der Waals surface area contributed by atoms with E-state index in [1.165, 1.54) is 0 Å². The van der Waals surface area contributed by atoms with E-state index in [4.69, 9.17) is 16.3 Å². The average molecular weight is 396 g/mol. The van der Waals surface area contributed by atoms with E-state index >= 15 is 0 Å². The lowest BCUT2D eigenvalue weighted by Gasteiger charge is -2.06. The van der Waals surface area contributed by atoms with Crippen molar-refractivity contribution in [1.29, 1.82) is 0 Å². The highest BCUT2D eigenvalue weighted by molar-refractivity contribution is 6.31. The molecule has 2 aromatic carbocycles. The Labute approximate surface area is 165 Å². The van der Waals surface area contributed by atoms with Crippen LogP contribution in [0, 0.1) is 0 Å². The van der Waals surface area contributed by atoms with Crippen LogP contribution in [-0.4, -0.2) is 20.2 Å². The number of pyridine rings is 1. The minimum absolute atomic E-state index is 0.389. The van der Waals surface area contributed by atoms with E-state index < -0.39 is 6.67 Å². The molecule has 0 amide bonds. The van der Waals surface area contributed by atoms with Gasteiger partial charge in [-0.1, -0.05) is 11.6 Å². The number of hydrogen-bond donors (Lipinski definition) is 2. The number of nitrogens with zero attached hydrogens (tertiary/aromatic N) is 3. The van der Waals surface area contributed by atoms with Gasteiger partial charge in [-0.05, 0) is 54.6 Å². The van der Waals surface area contributed by atoms with Crippen molar-refractivity contribution in [3.8, 4) is 22.9 Å². The number of benzene rings is 2. The molecule has 0 saturated heterocycles. The van der Waals surface area contributed by atoms with Crippen molar-refractivity contribution >= 4 is 23.2 Å². The van der Waals surface area contributed by atoms with Crippen LogP contribution in [0.2, 0.25) is 5.02 Å². The first-order valence-electron chi connectivity index (χ1n) is 8.44. The first-order chi connectivity index (χ1) is 13.7. The first-order valence-corrected chi connectivity index (χ1v) is 8.81. The molecule has 0 spiro atoms. The smallest absolute Gasteiger partial charge is 0.226 e. The predicted molar refractivity (Wildman–Crippen MR) is 106 cm³/mol. The van der Waals surface area contributed by atoms with Gasteiger partial charge in [0.15, 0.2) is 5.82 Å². The molecule has 0 saturated carbocycles. The molecule has 0 atom stereocenters. The third kappa shape index (κ3) is 4.10. The Morgan fingerprint density at radius 2 is 1.89 bits per heavy atom. The van der Waals surface area contributed by atoms with Crippen molar-refractivity contribution in [2.45, 2.75) is 6.67 Å². The quantitative estimate of drug-likeness (QED) is 0.449. The van der Waals surface area contributed by atoms with E-state index in [1.54, 1.807) is 30.6 Å². The molecule has 0 fully saturated rings. The van der Waals surface area contributed by atoms with Gasteiger partial charge in [0.2, 0.25) is 5.95 Å². The van der Waals surface area contributed by atoms with E-state index in [1.807, 2.05) is 36.4 Å². The lowest BCUT2D eigenvalue weighted by molar-refractivity contribution is 0.480. The van der Waals surface area contributed by atoms with Gasteiger partial charge in [-0.2, -0.15) is 0 Å². The molecule has 0 aliphatic heterocycles. The maximum Gasteiger partial charge on any atom is 0.226 e. The van der Waals surface area contributed by atoms with Gasteiger partial charge in [-0.25, -0.2) is 4.39 Å². The second kappa shape index (κ2) is 8.06. The third-order valence-corrected chi connectivity index (χ3v) is 4.31. The summed E-state index contributed by atoms with van der Waals surface area (Å²) >= 11 is 5.93. The van der Waals surface area contributed by atoms with Gasteiger partial charge in [0.1, 0.15) is 18.2 Å². The maximum atomic E-state index is 12.9. The summed E-state index contributed by atoms with van der Waals surface area (Å²) < 4.78 is 18.7. The number of alkyl halides is 1. The Morgan fingerprint density at radius 1 is 1.04 bits per heavy atom. The number of aromatic amines is 1. The van der Waals surface area contributed by atoms with E-state index in [0.29, 0.717) is 39.5 Å². The van der Waals surface area contributed by atoms with Crippen molar-refractivity contribution in [3.63, 3.8) is 0 Å². The number of halogens is 2. The van der Waals surface area contributed by atoms with Crippen LogP contribution in [0.3, 0.4) is 0 Å². The molecule has 4 rings (SSSR count). The molecule has 0 aliphatic carbocycles. The van der Waals surface area contributed by atoms with E-state index in [9.17, 15) is 4.39 Å². The van der Waals surface area contributed by atoms with Gasteiger partial charge in [-0.3, -0.25) is 4.98 Å². The van der Waals surface area contributed by atoms with Crippen molar-refractivity contribution in [2.24, 2.45) is 0 Å². The van der Waals surface area contributed by atoms with E-state index in [2.05, 4.69) is 25.5 Å². The zero-order chi connectivity index (χ0) is 19.3. The van der Waals surface area contributed by atoms with Crippen LogP contribution in [0.4, 0.5) is 16.0 Å². The molecule has 8 heteroatoms. The number of rotatable bonds is 6. The second-order valence-electron chi connectivity index (χ2n) is 5.90. The molecule has 0 unspecified atom stereocenters. The zero-order valence-corrected chi connectivity index (χ0v) is 15.3. The topological polar surface area (TPSA) is 75.7 Å². The Morgan fingerprint density at radius 3 is 2.64 bits per heavy atom. The van der Waals surface area contributed by atoms with Crippen molar-refractivity contribution in [1.82, 2.24) is 20.2 Å². The monoisotopic (exact) mass is 395 g/mol. The maximum absolute atomic E-state index is 12.9. The van der Waals surface area contributed by atoms with Crippen LogP contribution in [0.15, 0.2) is 67.0 Å². The molecule has 140 valence electrons. The molecule has 28 heavy (non-hydrogen) atoms. The van der Waals surface area contributed by atoms with Crippen LogP contribution in [-0.2, 0) is 6.67 Å². The van der Waals surface area contributed by atoms with Crippen LogP contribution >= 0.6 is 11.6 Å². The summed E-state index contributed by atoms with van der Waals surface area (Å²) in [6.07, 6.45) is 3.33. The van der Waals surface area contributed by atoms with Crippen LogP contribution in [0.25, 0.3) is 11.4 Å². The highest BCUT2D eigenvalue weighted by Gasteiger charge is 2.08. The Hall–Kier alpha value is -3.45. The molecular formula is C20H15ClFN5O. The van der Waals surface area contributed by atoms with Crippen molar-refractivity contribution < 1.29 is 9.13 Å². The van der Waals surface area contributed by atoms with Crippen molar-refractivity contribution in [2.75, 3.05) is 5.32 Å². The third-order valence-electron chi connectivity index (χ3n) is 3.94. The largest absolute Gasteiger partial charge is 0.456 e. The zero-order valence-electron chi connectivity index (χ0n) is 14.6. The first kappa shape index (κ1) is 17.9. The predicted octanol–water partition coefficient (Wildman–Crippen LogP) is 5.53. The second-order valence-corrected chi connectivity index (χ2v) is 6.31. The average Bonchev–Trinajstić information content (AvgIpc) is 3.19. The summed E-state index contributed by atoms with van der Waals surface area (Å²) in [7, 11) is 0. The van der Waals surface area contributed by atoms with Gasteiger partial charge < -0.3 is 15.0 Å². The summed E-state index contributed by atoms with van der Waals surface area (Å²) in [5.41, 5.74) is 1.93. The summed E-state index contributed by atoms with van der Waals surface area (Å²) in [5, 5.41) is 11.7. The molecule has 2 heterocycles. The summed E-state index contributed by atoms with van der Waals surface area (Å²) in [5.74, 6) is 2.39. The fourth-order valence-corrected chi connectivity index (χ4v) is 2.73. The molecule has 4 aromatic rings. The molecule has 2 aromatic heterocycles. The van der Waals surface area contributed by atoms with E-state index in [0.717, 1.165) is 5.56 Å². The number of hydrogen-bond acceptors (Lipinski definition) is 5. The molecule has 0 aliphatic rings. The number of ether oxygens (including phenoxy) is 1. The highest BCUT2D eigenvalue weighted by Crippen LogP contribution is 2.26. The Balaban J connectivity index is 1.46. The van der Waals surface area contributed by atoms with Gasteiger partial charge in [0.05, 0.1) is 6.20 Å². The standard InChI is InChI=1S/C20H15ClFN5O/c21-18-8-5-15(10-14(18)11-22)24-20-25-19(26-27-20)13-3-6-16(7-4-13)28-17-2-1-9-23-12-17/h1-10,12H,11H2,(H2,24,25,26,27). The number of nitrogens with one attached hydrogen (secondary N) is 2. The minimum Gasteiger partial charge on any atom is -0.456 e. The van der Waals surface area contributed by atoms with Gasteiger partial charge in [0.25, 0.3) is 0 Å². The minimum atomic E-state index is -0.635. The summed E-state index contributed by atoms with van der Waals surface area (Å²) in [6.45, 7) is -0.635. The lowest BCUT2D eigenvalue weighted by atomic mass is 10.2. The van der Waals surface area contributed by atoms with Gasteiger partial charge >= 0.3 is 0 Å². The Kier molecular flexibility index (Phi) is 5.16. The fraction of sp³-hybridized carbons (Fsp3) is 0.0500. The normalized spacial score (nSPS) is 10.6. The SMILES string of the molecule is FCc1cc(Nc2nnc(-c3ccc(Oc4cccnc4)cc3)[nH]2)ccc1Cl. The molecule has 0 bridgehead atoms. The number of H-pyrrole nitrogens is 1. The lowest BCUT2D eigenvalue weighted by Crippen LogP contribution is -1.94. The summed E-state index contributed by atoms with van der Waals surface area (Å²) in [4.78, 5) is 7.10.